The fourth-order valence-electron chi connectivity index (χ4n) is 2.62. The summed E-state index contributed by atoms with van der Waals surface area (Å²) in [6.07, 6.45) is 7.16. The van der Waals surface area contributed by atoms with Crippen molar-refractivity contribution in [2.24, 2.45) is 0 Å². The zero-order valence-corrected chi connectivity index (χ0v) is 13.7. The Morgan fingerprint density at radius 3 is 3.05 bits per heavy atom. The van der Waals surface area contributed by atoms with Crippen LogP contribution >= 0.6 is 11.3 Å². The number of hydrogen-bond acceptors (Lipinski definition) is 5. The van der Waals surface area contributed by atoms with Crippen LogP contribution in [0.15, 0.2) is 12.4 Å². The van der Waals surface area contributed by atoms with E-state index in [1.54, 1.807) is 6.20 Å². The molecule has 0 saturated carbocycles. The van der Waals surface area contributed by atoms with Gasteiger partial charge in [0.25, 0.3) is 5.91 Å². The highest BCUT2D eigenvalue weighted by molar-refractivity contribution is 7.13. The number of hydrogen-bond donors (Lipinski definition) is 1. The zero-order valence-electron chi connectivity index (χ0n) is 12.8. The molecular formula is C15H20N4O2S. The maximum atomic E-state index is 12.2. The summed E-state index contributed by atoms with van der Waals surface area (Å²) in [5.41, 5.74) is 1.47. The number of rotatable bonds is 4. The van der Waals surface area contributed by atoms with Gasteiger partial charge in [0.2, 0.25) is 0 Å². The third-order valence-electron chi connectivity index (χ3n) is 3.67. The van der Waals surface area contributed by atoms with Gasteiger partial charge in [-0.2, -0.15) is 5.10 Å². The number of carbonyl (C=O) groups is 1. The van der Waals surface area contributed by atoms with Gasteiger partial charge >= 0.3 is 0 Å². The van der Waals surface area contributed by atoms with E-state index in [9.17, 15) is 4.79 Å². The maximum absolute atomic E-state index is 12.2. The number of anilines is 1. The molecule has 3 heterocycles. The first-order valence-corrected chi connectivity index (χ1v) is 8.33. The summed E-state index contributed by atoms with van der Waals surface area (Å²) in [6, 6.07) is 0. The highest BCUT2D eigenvalue weighted by Crippen LogP contribution is 2.19. The van der Waals surface area contributed by atoms with Crippen molar-refractivity contribution in [2.75, 3.05) is 11.9 Å². The molecule has 0 aliphatic carbocycles. The van der Waals surface area contributed by atoms with Crippen LogP contribution in [0, 0.1) is 13.8 Å². The van der Waals surface area contributed by atoms with E-state index in [-0.39, 0.29) is 12.0 Å². The number of nitrogens with zero attached hydrogens (tertiary/aromatic N) is 3. The number of aromatic nitrogens is 3. The van der Waals surface area contributed by atoms with Crippen LogP contribution in [-0.2, 0) is 11.3 Å². The van der Waals surface area contributed by atoms with Gasteiger partial charge in [-0.25, -0.2) is 4.98 Å². The van der Waals surface area contributed by atoms with E-state index < -0.39 is 0 Å². The second-order valence-corrected chi connectivity index (χ2v) is 6.74. The molecule has 1 atom stereocenters. The molecule has 1 amide bonds. The molecule has 1 aliphatic heterocycles. The Morgan fingerprint density at radius 1 is 1.50 bits per heavy atom. The predicted molar refractivity (Wildman–Crippen MR) is 85.4 cm³/mol. The topological polar surface area (TPSA) is 69.0 Å². The lowest BCUT2D eigenvalue weighted by atomic mass is 10.1. The first kappa shape index (κ1) is 15.2. The molecule has 7 heteroatoms. The van der Waals surface area contributed by atoms with E-state index in [0.717, 1.165) is 36.7 Å². The van der Waals surface area contributed by atoms with E-state index in [0.29, 0.717) is 10.6 Å². The monoisotopic (exact) mass is 320 g/mol. The lowest BCUT2D eigenvalue weighted by molar-refractivity contribution is 0.00401. The molecule has 118 valence electrons. The normalized spacial score (nSPS) is 18.4. The molecule has 0 spiro atoms. The molecule has 1 unspecified atom stereocenters. The summed E-state index contributed by atoms with van der Waals surface area (Å²) < 4.78 is 7.53. The highest BCUT2D eigenvalue weighted by Gasteiger charge is 2.17. The predicted octanol–water partition coefficient (Wildman–Crippen LogP) is 2.78. The van der Waals surface area contributed by atoms with Crippen LogP contribution in [0.5, 0.6) is 0 Å². The van der Waals surface area contributed by atoms with Crippen LogP contribution in [0.1, 0.15) is 39.6 Å². The van der Waals surface area contributed by atoms with Gasteiger partial charge in [0, 0.05) is 12.8 Å². The minimum Gasteiger partial charge on any atom is -0.376 e. The molecule has 0 radical (unpaired) electrons. The van der Waals surface area contributed by atoms with Crippen LogP contribution in [0.2, 0.25) is 0 Å². The summed E-state index contributed by atoms with van der Waals surface area (Å²) in [4.78, 5) is 17.2. The number of thiazole rings is 1. The average Bonchev–Trinajstić information content (AvgIpc) is 3.06. The maximum Gasteiger partial charge on any atom is 0.267 e. The number of nitrogens with one attached hydrogen (secondary N) is 1. The van der Waals surface area contributed by atoms with Gasteiger partial charge in [-0.3, -0.25) is 9.48 Å². The van der Waals surface area contributed by atoms with Crippen LogP contribution < -0.4 is 5.32 Å². The SMILES string of the molecule is Cc1nc(C)c(C(=O)Nc2cnn(CC3CCCCO3)c2)s1. The molecule has 2 aromatic heterocycles. The van der Waals surface area contributed by atoms with Crippen LogP contribution in [-0.4, -0.2) is 33.4 Å². The van der Waals surface area contributed by atoms with E-state index in [2.05, 4.69) is 15.4 Å². The van der Waals surface area contributed by atoms with Crippen LogP contribution in [0.3, 0.4) is 0 Å². The van der Waals surface area contributed by atoms with Crippen LogP contribution in [0.4, 0.5) is 5.69 Å². The molecule has 0 bridgehead atoms. The summed E-state index contributed by atoms with van der Waals surface area (Å²) in [5, 5.41) is 8.07. The number of ether oxygens (including phenoxy) is 1. The Labute approximate surface area is 133 Å². The van der Waals surface area contributed by atoms with Crippen LogP contribution in [0.25, 0.3) is 0 Å². The summed E-state index contributed by atoms with van der Waals surface area (Å²) in [7, 11) is 0. The number of amides is 1. The lowest BCUT2D eigenvalue weighted by Crippen LogP contribution is -2.24. The van der Waals surface area contributed by atoms with Crippen molar-refractivity contribution in [3.05, 3.63) is 28.0 Å². The largest absolute Gasteiger partial charge is 0.376 e. The molecule has 1 saturated heterocycles. The van der Waals surface area contributed by atoms with E-state index in [1.807, 2.05) is 24.7 Å². The van der Waals surface area contributed by atoms with Gasteiger partial charge < -0.3 is 10.1 Å². The Balaban J connectivity index is 1.61. The van der Waals surface area contributed by atoms with Crippen molar-refractivity contribution in [1.82, 2.24) is 14.8 Å². The molecule has 1 aliphatic rings. The molecule has 1 fully saturated rings. The minimum atomic E-state index is -0.128. The standard InChI is InChI=1S/C15H20N4O2S/c1-10-14(22-11(2)17-10)15(20)18-12-7-16-19(8-12)9-13-5-3-4-6-21-13/h7-8,13H,3-6,9H2,1-2H3,(H,18,20). The van der Waals surface area contributed by atoms with Crippen molar-refractivity contribution in [3.8, 4) is 0 Å². The van der Waals surface area contributed by atoms with Gasteiger partial charge in [0.1, 0.15) is 4.88 Å². The van der Waals surface area contributed by atoms with Crippen molar-refractivity contribution < 1.29 is 9.53 Å². The summed E-state index contributed by atoms with van der Waals surface area (Å²) >= 11 is 1.41. The van der Waals surface area contributed by atoms with Crippen molar-refractivity contribution >= 4 is 22.9 Å². The third-order valence-corrected chi connectivity index (χ3v) is 4.74. The Bertz CT molecular complexity index is 658. The second-order valence-electron chi connectivity index (χ2n) is 5.54. The number of carbonyl (C=O) groups excluding carboxylic acids is 1. The van der Waals surface area contributed by atoms with Gasteiger partial charge in [0.05, 0.1) is 35.2 Å². The molecule has 6 nitrogen and oxygen atoms in total. The van der Waals surface area contributed by atoms with Crippen molar-refractivity contribution in [3.63, 3.8) is 0 Å². The summed E-state index contributed by atoms with van der Waals surface area (Å²) in [6.45, 7) is 5.31. The minimum absolute atomic E-state index is 0.128. The van der Waals surface area contributed by atoms with E-state index in [1.165, 1.54) is 17.8 Å². The third kappa shape index (κ3) is 3.53. The summed E-state index contributed by atoms with van der Waals surface area (Å²) in [5.74, 6) is -0.128. The Hall–Kier alpha value is -1.73. The van der Waals surface area contributed by atoms with Gasteiger partial charge in [-0.05, 0) is 33.1 Å². The van der Waals surface area contributed by atoms with Gasteiger partial charge in [-0.1, -0.05) is 0 Å². The fraction of sp³-hybridized carbons (Fsp3) is 0.533. The second kappa shape index (κ2) is 6.58. The first-order valence-electron chi connectivity index (χ1n) is 7.51. The number of aryl methyl sites for hydroxylation is 2. The molecule has 2 aromatic rings. The molecule has 1 N–H and O–H groups in total. The van der Waals surface area contributed by atoms with Gasteiger partial charge in [-0.15, -0.1) is 11.3 Å². The average molecular weight is 320 g/mol. The van der Waals surface area contributed by atoms with Crippen molar-refractivity contribution in [1.29, 1.82) is 0 Å². The smallest absolute Gasteiger partial charge is 0.267 e. The van der Waals surface area contributed by atoms with Gasteiger partial charge in [0.15, 0.2) is 0 Å². The molecule has 3 rings (SSSR count). The van der Waals surface area contributed by atoms with E-state index in [4.69, 9.17) is 4.74 Å². The van der Waals surface area contributed by atoms with Crippen molar-refractivity contribution in [2.45, 2.75) is 45.8 Å². The zero-order chi connectivity index (χ0) is 15.5. The first-order chi connectivity index (χ1) is 10.6. The Morgan fingerprint density at radius 2 is 2.36 bits per heavy atom. The highest BCUT2D eigenvalue weighted by atomic mass is 32.1. The quantitative estimate of drug-likeness (QED) is 0.940. The van der Waals surface area contributed by atoms with E-state index >= 15 is 0 Å². The lowest BCUT2D eigenvalue weighted by Gasteiger charge is -2.22. The molecule has 0 aromatic carbocycles. The molecule has 22 heavy (non-hydrogen) atoms. The Kier molecular flexibility index (Phi) is 4.54. The fourth-order valence-corrected chi connectivity index (χ4v) is 3.43. The molecular weight excluding hydrogens is 300 g/mol.